The summed E-state index contributed by atoms with van der Waals surface area (Å²) in [6.07, 6.45) is -2.36. The minimum atomic E-state index is -2.49. The van der Waals surface area contributed by atoms with Gasteiger partial charge in [-0.2, -0.15) is 0 Å². The predicted octanol–water partition coefficient (Wildman–Crippen LogP) is 1.88. The van der Waals surface area contributed by atoms with Gasteiger partial charge < -0.3 is 19.5 Å². The summed E-state index contributed by atoms with van der Waals surface area (Å²) in [6, 6.07) is 7.83. The van der Waals surface area contributed by atoms with Crippen LogP contribution in [0.3, 0.4) is 0 Å². The van der Waals surface area contributed by atoms with E-state index in [0.717, 1.165) is 17.0 Å². The van der Waals surface area contributed by atoms with E-state index in [0.29, 0.717) is 26.2 Å². The van der Waals surface area contributed by atoms with Crippen molar-refractivity contribution in [2.24, 2.45) is 0 Å². The summed E-state index contributed by atoms with van der Waals surface area (Å²) in [6.45, 7) is 1.96. The van der Waals surface area contributed by atoms with E-state index in [1.165, 1.54) is 0 Å². The van der Waals surface area contributed by atoms with Gasteiger partial charge in [0.05, 0.1) is 24.1 Å². The Balaban J connectivity index is 1.47. The topological polar surface area (TPSA) is 61.5 Å². The highest BCUT2D eigenvalue weighted by Gasteiger charge is 2.22. The van der Waals surface area contributed by atoms with Crippen LogP contribution in [0.1, 0.15) is 6.42 Å². The lowest BCUT2D eigenvalue weighted by molar-refractivity contribution is -0.133. The maximum atomic E-state index is 12.0. The second-order valence-electron chi connectivity index (χ2n) is 5.66. The molecule has 1 fully saturated rings. The first-order valence-corrected chi connectivity index (χ1v) is 7.97. The number of H-pyrrole nitrogens is 1. The summed E-state index contributed by atoms with van der Waals surface area (Å²) < 4.78 is 28.7. The normalized spacial score (nSPS) is 15.5. The number of para-hydroxylation sites is 2. The quantitative estimate of drug-likeness (QED) is 0.817. The van der Waals surface area contributed by atoms with Crippen LogP contribution in [-0.4, -0.2) is 66.6 Å². The molecule has 1 aliphatic rings. The van der Waals surface area contributed by atoms with Gasteiger partial charge in [-0.05, 0) is 12.1 Å². The average Bonchev–Trinajstić information content (AvgIpc) is 3.02. The summed E-state index contributed by atoms with van der Waals surface area (Å²) >= 11 is 0. The van der Waals surface area contributed by atoms with Crippen LogP contribution in [0.4, 0.5) is 14.7 Å². The van der Waals surface area contributed by atoms with E-state index in [1.807, 2.05) is 24.3 Å². The van der Waals surface area contributed by atoms with Crippen molar-refractivity contribution in [2.75, 3.05) is 44.3 Å². The number of amides is 1. The highest BCUT2D eigenvalue weighted by molar-refractivity contribution is 5.78. The highest BCUT2D eigenvalue weighted by Crippen LogP contribution is 2.18. The van der Waals surface area contributed by atoms with Gasteiger partial charge in [-0.15, -0.1) is 0 Å². The number of nitrogens with zero attached hydrogens (tertiary/aromatic N) is 3. The number of hydrogen-bond acceptors (Lipinski definition) is 4. The first-order valence-electron chi connectivity index (χ1n) is 7.97. The van der Waals surface area contributed by atoms with E-state index in [2.05, 4.69) is 14.9 Å². The maximum Gasteiger partial charge on any atom is 0.261 e. The van der Waals surface area contributed by atoms with Crippen molar-refractivity contribution in [2.45, 2.75) is 12.8 Å². The monoisotopic (exact) mass is 338 g/mol. The molecule has 1 amide bonds. The Labute approximate surface area is 138 Å². The molecule has 2 heterocycles. The van der Waals surface area contributed by atoms with Gasteiger partial charge in [0.15, 0.2) is 0 Å². The molecule has 0 atom stereocenters. The molecule has 1 saturated heterocycles. The fourth-order valence-corrected chi connectivity index (χ4v) is 2.75. The van der Waals surface area contributed by atoms with Gasteiger partial charge >= 0.3 is 0 Å². The fraction of sp³-hybridized carbons (Fsp3) is 0.500. The summed E-state index contributed by atoms with van der Waals surface area (Å²) in [7, 11) is 0. The largest absolute Gasteiger partial charge is 0.375 e. The highest BCUT2D eigenvalue weighted by atomic mass is 19.3. The lowest BCUT2D eigenvalue weighted by Gasteiger charge is -2.34. The van der Waals surface area contributed by atoms with E-state index in [1.54, 1.807) is 4.90 Å². The van der Waals surface area contributed by atoms with Crippen molar-refractivity contribution in [3.05, 3.63) is 24.3 Å². The number of halogens is 2. The fourth-order valence-electron chi connectivity index (χ4n) is 2.75. The Hall–Kier alpha value is -2.22. The molecule has 2 aromatic rings. The molecule has 3 rings (SSSR count). The molecule has 0 saturated carbocycles. The average molecular weight is 338 g/mol. The van der Waals surface area contributed by atoms with Crippen molar-refractivity contribution in [3.63, 3.8) is 0 Å². The summed E-state index contributed by atoms with van der Waals surface area (Å²) in [5.74, 6) is 0.747. The van der Waals surface area contributed by atoms with E-state index in [-0.39, 0.29) is 18.9 Å². The zero-order chi connectivity index (χ0) is 16.9. The van der Waals surface area contributed by atoms with Crippen LogP contribution >= 0.6 is 0 Å². The number of rotatable bonds is 6. The molecule has 6 nitrogen and oxygen atoms in total. The van der Waals surface area contributed by atoms with Crippen LogP contribution in [0.15, 0.2) is 24.3 Å². The number of aromatic nitrogens is 2. The number of nitrogens with one attached hydrogen (secondary N) is 1. The number of ether oxygens (including phenoxy) is 1. The number of hydrogen-bond donors (Lipinski definition) is 1. The lowest BCUT2D eigenvalue weighted by Crippen LogP contribution is -2.49. The SMILES string of the molecule is O=C(CCOCC(F)F)N1CCN(c2nc3ccccc3[nH]2)CC1. The molecule has 0 unspecified atom stereocenters. The molecule has 1 aliphatic heterocycles. The second-order valence-corrected chi connectivity index (χ2v) is 5.66. The molecule has 0 spiro atoms. The number of carbonyl (C=O) groups is 1. The van der Waals surface area contributed by atoms with Crippen LogP contribution in [0.5, 0.6) is 0 Å². The minimum absolute atomic E-state index is 0.0347. The van der Waals surface area contributed by atoms with Gasteiger partial charge in [0.1, 0.15) is 6.61 Å². The molecule has 1 aromatic heterocycles. The van der Waals surface area contributed by atoms with E-state index >= 15 is 0 Å². The first-order chi connectivity index (χ1) is 11.6. The molecular weight excluding hydrogens is 318 g/mol. The third kappa shape index (κ3) is 4.00. The molecule has 0 bridgehead atoms. The molecular formula is C16H20F2N4O2. The summed E-state index contributed by atoms with van der Waals surface area (Å²) in [5, 5.41) is 0. The third-order valence-corrected chi connectivity index (χ3v) is 4.01. The summed E-state index contributed by atoms with van der Waals surface area (Å²) in [5.41, 5.74) is 1.91. The van der Waals surface area contributed by atoms with Gasteiger partial charge in [-0.3, -0.25) is 4.79 Å². The number of carbonyl (C=O) groups excluding carboxylic acids is 1. The smallest absolute Gasteiger partial charge is 0.261 e. The van der Waals surface area contributed by atoms with Crippen LogP contribution < -0.4 is 4.90 Å². The molecule has 0 aliphatic carbocycles. The Morgan fingerprint density at radius 1 is 1.25 bits per heavy atom. The number of imidazole rings is 1. The van der Waals surface area contributed by atoms with E-state index < -0.39 is 13.0 Å². The van der Waals surface area contributed by atoms with Crippen LogP contribution in [-0.2, 0) is 9.53 Å². The van der Waals surface area contributed by atoms with Gasteiger partial charge in [0.25, 0.3) is 6.43 Å². The third-order valence-electron chi connectivity index (χ3n) is 4.01. The minimum Gasteiger partial charge on any atom is -0.375 e. The molecule has 1 N–H and O–H groups in total. The number of alkyl halides is 2. The second kappa shape index (κ2) is 7.57. The molecule has 1 aromatic carbocycles. The van der Waals surface area contributed by atoms with Crippen LogP contribution in [0.2, 0.25) is 0 Å². The molecule has 24 heavy (non-hydrogen) atoms. The molecule has 0 radical (unpaired) electrons. The molecule has 130 valence electrons. The van der Waals surface area contributed by atoms with Crippen molar-refractivity contribution in [1.29, 1.82) is 0 Å². The van der Waals surface area contributed by atoms with Gasteiger partial charge in [0.2, 0.25) is 11.9 Å². The van der Waals surface area contributed by atoms with Gasteiger partial charge in [-0.1, -0.05) is 12.1 Å². The number of fused-ring (bicyclic) bond motifs is 1. The zero-order valence-corrected chi connectivity index (χ0v) is 13.3. The van der Waals surface area contributed by atoms with Crippen molar-refractivity contribution >= 4 is 22.9 Å². The zero-order valence-electron chi connectivity index (χ0n) is 13.3. The number of piperazine rings is 1. The Kier molecular flexibility index (Phi) is 5.24. The van der Waals surface area contributed by atoms with Gasteiger partial charge in [0, 0.05) is 26.2 Å². The standard InChI is InChI=1S/C16H20F2N4O2/c17-14(18)11-24-10-5-15(23)21-6-8-22(9-7-21)16-19-12-3-1-2-4-13(12)20-16/h1-4,14H,5-11H2,(H,19,20). The lowest BCUT2D eigenvalue weighted by atomic mass is 10.3. The van der Waals surface area contributed by atoms with Crippen molar-refractivity contribution < 1.29 is 18.3 Å². The maximum absolute atomic E-state index is 12.0. The Morgan fingerprint density at radius 2 is 2.00 bits per heavy atom. The Morgan fingerprint density at radius 3 is 2.71 bits per heavy atom. The van der Waals surface area contributed by atoms with Crippen molar-refractivity contribution in [3.8, 4) is 0 Å². The summed E-state index contributed by atoms with van der Waals surface area (Å²) in [4.78, 5) is 23.7. The predicted molar refractivity (Wildman–Crippen MR) is 86.3 cm³/mol. The van der Waals surface area contributed by atoms with Crippen molar-refractivity contribution in [1.82, 2.24) is 14.9 Å². The van der Waals surface area contributed by atoms with E-state index in [4.69, 9.17) is 4.74 Å². The van der Waals surface area contributed by atoms with Crippen LogP contribution in [0, 0.1) is 0 Å². The number of anilines is 1. The van der Waals surface area contributed by atoms with Crippen LogP contribution in [0.25, 0.3) is 11.0 Å². The first kappa shape index (κ1) is 16.6. The van der Waals surface area contributed by atoms with E-state index in [9.17, 15) is 13.6 Å². The molecule has 8 heteroatoms. The number of aromatic amines is 1. The van der Waals surface area contributed by atoms with Gasteiger partial charge in [-0.25, -0.2) is 13.8 Å². The Bertz CT molecular complexity index is 651. The number of benzene rings is 1.